The van der Waals surface area contributed by atoms with E-state index in [2.05, 4.69) is 27.1 Å². The highest BCUT2D eigenvalue weighted by Gasteiger charge is 2.48. The first-order valence-electron chi connectivity index (χ1n) is 13.0. The zero-order valence-electron chi connectivity index (χ0n) is 20.8. The molecule has 5 aliphatic rings. The summed E-state index contributed by atoms with van der Waals surface area (Å²) in [6, 6.07) is 7.56. The van der Waals surface area contributed by atoms with Crippen molar-refractivity contribution in [2.75, 3.05) is 6.61 Å². The molecule has 2 unspecified atom stereocenters. The minimum Gasteiger partial charge on any atom is -0.487 e. The van der Waals surface area contributed by atoms with Gasteiger partial charge in [0.05, 0.1) is 22.2 Å². The van der Waals surface area contributed by atoms with Gasteiger partial charge in [0, 0.05) is 11.1 Å². The van der Waals surface area contributed by atoms with Gasteiger partial charge in [0.15, 0.2) is 0 Å². The van der Waals surface area contributed by atoms with Crippen molar-refractivity contribution in [3.63, 3.8) is 0 Å². The molecule has 10 heteroatoms. The van der Waals surface area contributed by atoms with E-state index in [4.69, 9.17) is 27.9 Å². The average molecular weight is 554 g/mol. The van der Waals surface area contributed by atoms with E-state index in [9.17, 15) is 9.59 Å². The van der Waals surface area contributed by atoms with Crippen molar-refractivity contribution in [3.05, 3.63) is 81.8 Å². The largest absolute Gasteiger partial charge is 0.487 e. The van der Waals surface area contributed by atoms with Gasteiger partial charge in [0.25, 0.3) is 11.8 Å². The van der Waals surface area contributed by atoms with Gasteiger partial charge in [-0.1, -0.05) is 42.0 Å². The maximum atomic E-state index is 13.5. The molecule has 0 bridgehead atoms. The number of aliphatic imine (C=N–C) groups is 1. The lowest BCUT2D eigenvalue weighted by Gasteiger charge is -2.29. The molecule has 2 aliphatic heterocycles. The molecule has 0 saturated heterocycles. The molecule has 2 atom stereocenters. The molecule has 8 nitrogen and oxygen atoms in total. The van der Waals surface area contributed by atoms with Crippen LogP contribution in [0.25, 0.3) is 0 Å². The third-order valence-electron chi connectivity index (χ3n) is 7.48. The van der Waals surface area contributed by atoms with Gasteiger partial charge in [-0.25, -0.2) is 10.0 Å². The molecule has 0 radical (unpaired) electrons. The molecule has 0 spiro atoms. The molecule has 3 aliphatic carbocycles. The van der Waals surface area contributed by atoms with E-state index in [1.165, 1.54) is 17.5 Å². The molecule has 198 valence electrons. The number of amides is 2. The lowest BCUT2D eigenvalue weighted by Crippen LogP contribution is -2.53. The van der Waals surface area contributed by atoms with Gasteiger partial charge in [-0.05, 0) is 68.2 Å². The molecular formula is C28H29Cl2N5O3. The van der Waals surface area contributed by atoms with Crippen LogP contribution in [-0.2, 0) is 19.9 Å². The Morgan fingerprint density at radius 3 is 2.87 bits per heavy atom. The van der Waals surface area contributed by atoms with Crippen molar-refractivity contribution in [1.29, 1.82) is 0 Å². The Bertz CT molecular complexity index is 1330. The molecule has 2 heterocycles. The lowest BCUT2D eigenvalue weighted by molar-refractivity contribution is -0.131. The summed E-state index contributed by atoms with van der Waals surface area (Å²) in [6.45, 7) is 0.0688. The predicted octanol–water partition coefficient (Wildman–Crippen LogP) is 4.30. The number of alkyl halides is 1. The number of rotatable bonds is 7. The molecule has 1 aromatic carbocycles. The van der Waals surface area contributed by atoms with E-state index >= 15 is 0 Å². The topological polar surface area (TPSA) is 95.1 Å². The quantitative estimate of drug-likeness (QED) is 0.437. The summed E-state index contributed by atoms with van der Waals surface area (Å²) in [5.74, 6) is 0.645. The van der Waals surface area contributed by atoms with Crippen molar-refractivity contribution >= 4 is 40.9 Å². The SMILES string of the molecule is O=C(NC1(c2ccccc2Cl)CC1)C1=C(OCC2=CC(=O)N3NC(C4=CCCCC4)=NC3N2)C=CCC1Cl. The van der Waals surface area contributed by atoms with Crippen molar-refractivity contribution in [2.45, 2.75) is 62.2 Å². The number of allylic oxidation sites excluding steroid dienone is 3. The van der Waals surface area contributed by atoms with Gasteiger partial charge in [-0.2, -0.15) is 0 Å². The normalized spacial score (nSPS) is 25.5. The predicted molar refractivity (Wildman–Crippen MR) is 146 cm³/mol. The summed E-state index contributed by atoms with van der Waals surface area (Å²) in [5, 5.41) is 7.99. The summed E-state index contributed by atoms with van der Waals surface area (Å²) in [4.78, 5) is 30.9. The van der Waals surface area contributed by atoms with Gasteiger partial charge in [0.1, 0.15) is 18.2 Å². The number of carbonyl (C=O) groups is 2. The monoisotopic (exact) mass is 553 g/mol. The van der Waals surface area contributed by atoms with E-state index in [-0.39, 0.29) is 18.4 Å². The maximum absolute atomic E-state index is 13.5. The van der Waals surface area contributed by atoms with Crippen molar-refractivity contribution in [1.82, 2.24) is 21.1 Å². The number of hydrogen-bond donors (Lipinski definition) is 3. The van der Waals surface area contributed by atoms with E-state index in [1.807, 2.05) is 30.3 Å². The summed E-state index contributed by atoms with van der Waals surface area (Å²) in [7, 11) is 0. The third-order valence-corrected chi connectivity index (χ3v) is 8.20. The second kappa shape index (κ2) is 10.2. The number of nitrogens with zero attached hydrogens (tertiary/aromatic N) is 2. The Morgan fingerprint density at radius 1 is 1.26 bits per heavy atom. The summed E-state index contributed by atoms with van der Waals surface area (Å²) < 4.78 is 6.07. The second-order valence-corrected chi connectivity index (χ2v) is 11.1. The number of amidine groups is 1. The highest BCUT2D eigenvalue weighted by Crippen LogP contribution is 2.48. The Labute approximate surface area is 231 Å². The van der Waals surface area contributed by atoms with Crippen LogP contribution in [0, 0.1) is 0 Å². The fourth-order valence-electron chi connectivity index (χ4n) is 5.29. The Morgan fingerprint density at radius 2 is 2.11 bits per heavy atom. The van der Waals surface area contributed by atoms with Gasteiger partial charge < -0.3 is 15.4 Å². The first kappa shape index (κ1) is 25.1. The first-order chi connectivity index (χ1) is 18.4. The summed E-state index contributed by atoms with van der Waals surface area (Å²) in [6.07, 6.45) is 13.2. The average Bonchev–Trinajstić information content (AvgIpc) is 3.55. The van der Waals surface area contributed by atoms with Gasteiger partial charge >= 0.3 is 0 Å². The molecule has 0 aromatic heterocycles. The van der Waals surface area contributed by atoms with Gasteiger partial charge in [-0.15, -0.1) is 11.6 Å². The number of hydrazine groups is 1. The zero-order valence-corrected chi connectivity index (χ0v) is 22.3. The Balaban J connectivity index is 1.16. The fourth-order valence-corrected chi connectivity index (χ4v) is 5.91. The van der Waals surface area contributed by atoms with E-state index in [0.717, 1.165) is 49.1 Å². The fraction of sp³-hybridized carbons (Fsp3) is 0.393. The zero-order chi connectivity index (χ0) is 26.3. The number of benzene rings is 1. The number of halogens is 2. The van der Waals surface area contributed by atoms with Crippen LogP contribution < -0.4 is 16.1 Å². The number of carbonyl (C=O) groups excluding carboxylic acids is 2. The van der Waals surface area contributed by atoms with Crippen LogP contribution in [0.1, 0.15) is 50.5 Å². The van der Waals surface area contributed by atoms with Crippen LogP contribution in [0.5, 0.6) is 0 Å². The molecule has 1 aromatic rings. The number of hydrogen-bond acceptors (Lipinski definition) is 6. The van der Waals surface area contributed by atoms with Crippen LogP contribution >= 0.6 is 23.2 Å². The van der Waals surface area contributed by atoms with Crippen molar-refractivity contribution in [2.24, 2.45) is 4.99 Å². The summed E-state index contributed by atoms with van der Waals surface area (Å²) in [5.41, 5.74) is 5.64. The van der Waals surface area contributed by atoms with Crippen LogP contribution in [0.15, 0.2) is 76.2 Å². The molecule has 3 N–H and O–H groups in total. The van der Waals surface area contributed by atoms with Crippen LogP contribution in [0.2, 0.25) is 5.02 Å². The summed E-state index contributed by atoms with van der Waals surface area (Å²) >= 11 is 13.0. The van der Waals surface area contributed by atoms with Crippen molar-refractivity contribution < 1.29 is 14.3 Å². The number of nitrogens with one attached hydrogen (secondary N) is 3. The second-order valence-electron chi connectivity index (χ2n) is 10.1. The molecule has 6 rings (SSSR count). The first-order valence-corrected chi connectivity index (χ1v) is 13.8. The molecule has 2 amide bonds. The number of ether oxygens (including phenoxy) is 1. The molecule has 1 saturated carbocycles. The number of fused-ring (bicyclic) bond motifs is 1. The van der Waals surface area contributed by atoms with E-state index < -0.39 is 17.2 Å². The molecule has 1 fully saturated rings. The van der Waals surface area contributed by atoms with E-state index in [0.29, 0.717) is 28.5 Å². The maximum Gasteiger partial charge on any atom is 0.270 e. The van der Waals surface area contributed by atoms with Crippen LogP contribution in [0.3, 0.4) is 0 Å². The Kier molecular flexibility index (Phi) is 6.70. The third kappa shape index (κ3) is 4.83. The highest BCUT2D eigenvalue weighted by molar-refractivity contribution is 6.31. The standard InChI is InChI=1S/C28H29Cl2N5O3/c29-20-10-5-4-9-19(20)28(13-14-28)33-26(37)24-21(30)11-6-12-22(24)38-16-18-15-23(36)35-27(31-18)32-25(34-35)17-7-2-1-3-8-17/h4-7,9-10,12,15,21,27,31H,1-3,8,11,13-14,16H2,(H,32,34)(H,33,37). The van der Waals surface area contributed by atoms with Crippen molar-refractivity contribution in [3.8, 4) is 0 Å². The smallest absolute Gasteiger partial charge is 0.270 e. The lowest BCUT2D eigenvalue weighted by atomic mass is 9.99. The minimum atomic E-state index is -0.548. The van der Waals surface area contributed by atoms with Crippen LogP contribution in [0.4, 0.5) is 0 Å². The molecule has 38 heavy (non-hydrogen) atoms. The highest BCUT2D eigenvalue weighted by atomic mass is 35.5. The Hall–Kier alpha value is -3.23. The van der Waals surface area contributed by atoms with E-state index in [1.54, 1.807) is 6.08 Å². The minimum absolute atomic E-state index is 0.0688. The van der Waals surface area contributed by atoms with Gasteiger partial charge in [-0.3, -0.25) is 15.0 Å². The van der Waals surface area contributed by atoms with Crippen LogP contribution in [-0.4, -0.2) is 40.9 Å². The molecular weight excluding hydrogens is 525 g/mol. The van der Waals surface area contributed by atoms with Gasteiger partial charge in [0.2, 0.25) is 6.29 Å².